The monoisotopic (exact) mass is 310 g/mol. The quantitative estimate of drug-likeness (QED) is 0.845. The Labute approximate surface area is 131 Å². The number of benzene rings is 1. The number of aryl methyl sites for hydroxylation is 2. The summed E-state index contributed by atoms with van der Waals surface area (Å²) in [4.78, 5) is 4.26. The van der Waals surface area contributed by atoms with E-state index in [9.17, 15) is 4.21 Å². The topological polar surface area (TPSA) is 44.1 Å². The minimum absolute atomic E-state index is 0.580. The molecule has 118 valence electrons. The van der Waals surface area contributed by atoms with Crippen LogP contribution in [0.3, 0.4) is 0 Å². The van der Waals surface area contributed by atoms with E-state index in [1.54, 1.807) is 16.1 Å². The zero-order chi connectivity index (χ0) is 16.4. The Kier molecular flexibility index (Phi) is 9.37. The SMILES string of the molecule is CC.CC.Cc1nc(C)n(S(=O)Oc2ccccc2)c1C. The Hall–Kier alpha value is -1.62. The van der Waals surface area contributed by atoms with E-state index in [2.05, 4.69) is 4.98 Å². The Morgan fingerprint density at radius 3 is 1.95 bits per heavy atom. The predicted octanol–water partition coefficient (Wildman–Crippen LogP) is 4.37. The summed E-state index contributed by atoms with van der Waals surface area (Å²) in [6.45, 7) is 13.6. The molecule has 0 bridgehead atoms. The first-order chi connectivity index (χ1) is 10.1. The zero-order valence-corrected chi connectivity index (χ0v) is 14.8. The standard InChI is InChI=1S/C12H14N2O2S.2C2H6/c1-9-10(2)14(11(3)13-9)17(15)16-12-7-5-4-6-8-12;2*1-2/h4-8H,1-3H3;2*1-2H3. The molecule has 0 aliphatic heterocycles. The van der Waals surface area contributed by atoms with Crippen LogP contribution in [0, 0.1) is 20.8 Å². The third-order valence-corrected chi connectivity index (χ3v) is 3.68. The van der Waals surface area contributed by atoms with Gasteiger partial charge in [-0.05, 0) is 32.9 Å². The van der Waals surface area contributed by atoms with Crippen molar-refractivity contribution < 1.29 is 8.39 Å². The first-order valence-electron chi connectivity index (χ1n) is 7.28. The highest BCUT2D eigenvalue weighted by atomic mass is 32.2. The van der Waals surface area contributed by atoms with Crippen molar-refractivity contribution >= 4 is 11.3 Å². The highest BCUT2D eigenvalue weighted by Crippen LogP contribution is 2.15. The predicted molar refractivity (Wildman–Crippen MR) is 89.7 cm³/mol. The van der Waals surface area contributed by atoms with Crippen LogP contribution in [-0.2, 0) is 11.3 Å². The number of para-hydroxylation sites is 1. The summed E-state index contributed by atoms with van der Waals surface area (Å²) in [6, 6.07) is 9.10. The lowest BCUT2D eigenvalue weighted by Crippen LogP contribution is -2.14. The van der Waals surface area contributed by atoms with Crippen molar-refractivity contribution in [2.75, 3.05) is 0 Å². The molecule has 4 nitrogen and oxygen atoms in total. The molecule has 0 saturated heterocycles. The molecule has 1 heterocycles. The molecule has 0 radical (unpaired) electrons. The van der Waals surface area contributed by atoms with E-state index in [-0.39, 0.29) is 0 Å². The highest BCUT2D eigenvalue weighted by Gasteiger charge is 2.14. The molecule has 0 amide bonds. The van der Waals surface area contributed by atoms with Gasteiger partial charge < -0.3 is 4.18 Å². The molecular formula is C16H26N2O2S. The van der Waals surface area contributed by atoms with Gasteiger partial charge >= 0.3 is 11.3 Å². The molecule has 0 fully saturated rings. The Morgan fingerprint density at radius 1 is 1.00 bits per heavy atom. The molecule has 1 aromatic heterocycles. The van der Waals surface area contributed by atoms with Gasteiger partial charge in [-0.15, -0.1) is 0 Å². The minimum atomic E-state index is -1.58. The summed E-state index contributed by atoms with van der Waals surface area (Å²) in [5.74, 6) is 1.27. The van der Waals surface area contributed by atoms with E-state index in [4.69, 9.17) is 4.18 Å². The number of hydrogen-bond donors (Lipinski definition) is 0. The first-order valence-corrected chi connectivity index (χ1v) is 8.31. The van der Waals surface area contributed by atoms with E-state index in [1.165, 1.54) is 0 Å². The minimum Gasteiger partial charge on any atom is -0.385 e. The summed E-state index contributed by atoms with van der Waals surface area (Å²) in [6.07, 6.45) is 0. The van der Waals surface area contributed by atoms with Crippen LogP contribution in [0.5, 0.6) is 5.75 Å². The molecule has 1 atom stereocenters. The van der Waals surface area contributed by atoms with Crippen LogP contribution in [0.2, 0.25) is 0 Å². The summed E-state index contributed by atoms with van der Waals surface area (Å²) in [5.41, 5.74) is 1.73. The molecule has 1 aromatic carbocycles. The fraction of sp³-hybridized carbons (Fsp3) is 0.438. The number of nitrogens with zero attached hydrogens (tertiary/aromatic N) is 2. The normalized spacial score (nSPS) is 10.6. The van der Waals surface area contributed by atoms with Crippen molar-refractivity contribution in [3.63, 3.8) is 0 Å². The van der Waals surface area contributed by atoms with Gasteiger partial charge in [-0.2, -0.15) is 4.21 Å². The van der Waals surface area contributed by atoms with E-state index in [1.807, 2.05) is 66.7 Å². The lowest BCUT2D eigenvalue weighted by Gasteiger charge is -2.07. The molecule has 0 aliphatic rings. The van der Waals surface area contributed by atoms with E-state index in [0.717, 1.165) is 11.4 Å². The zero-order valence-electron chi connectivity index (χ0n) is 14.0. The summed E-state index contributed by atoms with van der Waals surface area (Å²) in [7, 11) is 0. The number of hydrogen-bond acceptors (Lipinski definition) is 3. The van der Waals surface area contributed by atoms with Gasteiger partial charge in [-0.3, -0.25) is 0 Å². The molecular weight excluding hydrogens is 284 g/mol. The van der Waals surface area contributed by atoms with Gasteiger partial charge in [0.05, 0.1) is 11.4 Å². The van der Waals surface area contributed by atoms with Gasteiger partial charge in [-0.25, -0.2) is 8.96 Å². The van der Waals surface area contributed by atoms with Crippen molar-refractivity contribution in [3.8, 4) is 5.75 Å². The molecule has 2 rings (SSSR count). The van der Waals surface area contributed by atoms with Crippen LogP contribution >= 0.6 is 0 Å². The second-order valence-electron chi connectivity index (χ2n) is 3.74. The third-order valence-electron chi connectivity index (χ3n) is 2.51. The van der Waals surface area contributed by atoms with Crippen molar-refractivity contribution in [1.29, 1.82) is 0 Å². The van der Waals surface area contributed by atoms with Gasteiger partial charge in [0.15, 0.2) is 0 Å². The van der Waals surface area contributed by atoms with Crippen LogP contribution in [-0.4, -0.2) is 13.2 Å². The lowest BCUT2D eigenvalue weighted by atomic mass is 10.3. The van der Waals surface area contributed by atoms with E-state index >= 15 is 0 Å². The van der Waals surface area contributed by atoms with Crippen molar-refractivity contribution in [2.45, 2.75) is 48.5 Å². The largest absolute Gasteiger partial charge is 0.385 e. The Bertz CT molecular complexity index is 551. The van der Waals surface area contributed by atoms with Crippen LogP contribution in [0.4, 0.5) is 0 Å². The summed E-state index contributed by atoms with van der Waals surface area (Å²) in [5, 5.41) is 0. The Balaban J connectivity index is 0.000000921. The average molecular weight is 310 g/mol. The first kappa shape index (κ1) is 19.4. The molecule has 1 unspecified atom stereocenters. The van der Waals surface area contributed by atoms with Crippen molar-refractivity contribution in [3.05, 3.63) is 47.5 Å². The fourth-order valence-corrected chi connectivity index (χ4v) is 2.54. The van der Waals surface area contributed by atoms with Crippen molar-refractivity contribution in [1.82, 2.24) is 8.96 Å². The maximum atomic E-state index is 12.1. The van der Waals surface area contributed by atoms with Crippen LogP contribution in [0.25, 0.3) is 0 Å². The van der Waals surface area contributed by atoms with Crippen LogP contribution in [0.15, 0.2) is 30.3 Å². The molecule has 5 heteroatoms. The smallest absolute Gasteiger partial charge is 0.324 e. The van der Waals surface area contributed by atoms with E-state index in [0.29, 0.717) is 11.6 Å². The van der Waals surface area contributed by atoms with Crippen LogP contribution in [0.1, 0.15) is 44.9 Å². The lowest BCUT2D eigenvalue weighted by molar-refractivity contribution is 0.550. The van der Waals surface area contributed by atoms with Gasteiger partial charge in [-0.1, -0.05) is 45.9 Å². The van der Waals surface area contributed by atoms with Gasteiger partial charge in [0.1, 0.15) is 11.6 Å². The maximum absolute atomic E-state index is 12.1. The van der Waals surface area contributed by atoms with Crippen molar-refractivity contribution in [2.24, 2.45) is 0 Å². The summed E-state index contributed by atoms with van der Waals surface area (Å²) < 4.78 is 19.0. The molecule has 0 saturated carbocycles. The molecule has 21 heavy (non-hydrogen) atoms. The van der Waals surface area contributed by atoms with E-state index < -0.39 is 11.3 Å². The van der Waals surface area contributed by atoms with Crippen LogP contribution < -0.4 is 4.18 Å². The molecule has 0 spiro atoms. The molecule has 0 N–H and O–H groups in total. The van der Waals surface area contributed by atoms with Gasteiger partial charge in [0.2, 0.25) is 0 Å². The third kappa shape index (κ3) is 5.34. The number of rotatable bonds is 3. The fourth-order valence-electron chi connectivity index (χ4n) is 1.57. The maximum Gasteiger partial charge on any atom is 0.324 e. The molecule has 2 aromatic rings. The highest BCUT2D eigenvalue weighted by molar-refractivity contribution is 7.79. The van der Waals surface area contributed by atoms with Gasteiger partial charge in [0, 0.05) is 0 Å². The van der Waals surface area contributed by atoms with Gasteiger partial charge in [0.25, 0.3) is 0 Å². The average Bonchev–Trinajstić information content (AvgIpc) is 2.77. The summed E-state index contributed by atoms with van der Waals surface area (Å²) >= 11 is -1.58. The second-order valence-corrected chi connectivity index (χ2v) is 4.70. The number of imidazole rings is 1. The molecule has 0 aliphatic carbocycles. The number of aromatic nitrogens is 2. The second kappa shape index (κ2) is 10.2. The Morgan fingerprint density at radius 2 is 1.52 bits per heavy atom.